The van der Waals surface area contributed by atoms with E-state index >= 15 is 0 Å². The molecule has 0 aliphatic carbocycles. The third-order valence-corrected chi connectivity index (χ3v) is 4.46. The van der Waals surface area contributed by atoms with Crippen molar-refractivity contribution in [3.8, 4) is 0 Å². The standard InChI is InChI=1S/C18H28N2O/c1-18(2,3)19-12-15-8-9-16(21-15)13-20-11-10-14-6-4-5-7-17(14)20/h4-7,15-16,19H,8-13H2,1-3H3. The van der Waals surface area contributed by atoms with Gasteiger partial charge in [0.25, 0.3) is 0 Å². The number of hydrogen-bond acceptors (Lipinski definition) is 3. The molecule has 3 heteroatoms. The Morgan fingerprint density at radius 2 is 1.95 bits per heavy atom. The molecule has 1 fully saturated rings. The van der Waals surface area contributed by atoms with Gasteiger partial charge in [0.2, 0.25) is 0 Å². The van der Waals surface area contributed by atoms with Gasteiger partial charge < -0.3 is 15.0 Å². The summed E-state index contributed by atoms with van der Waals surface area (Å²) in [6, 6.07) is 8.78. The molecule has 0 aromatic heterocycles. The zero-order valence-electron chi connectivity index (χ0n) is 13.6. The molecule has 0 bridgehead atoms. The van der Waals surface area contributed by atoms with Crippen LogP contribution in [0.1, 0.15) is 39.2 Å². The fourth-order valence-corrected chi connectivity index (χ4v) is 3.33. The number of hydrogen-bond donors (Lipinski definition) is 1. The fourth-order valence-electron chi connectivity index (χ4n) is 3.33. The molecular formula is C18H28N2O. The Labute approximate surface area is 128 Å². The molecule has 3 nitrogen and oxygen atoms in total. The minimum atomic E-state index is 0.176. The molecule has 2 unspecified atom stereocenters. The van der Waals surface area contributed by atoms with Gasteiger partial charge in [0.05, 0.1) is 12.2 Å². The summed E-state index contributed by atoms with van der Waals surface area (Å²) in [6.07, 6.45) is 4.33. The van der Waals surface area contributed by atoms with E-state index in [0.29, 0.717) is 12.2 Å². The quantitative estimate of drug-likeness (QED) is 0.922. The molecule has 1 aromatic carbocycles. The highest BCUT2D eigenvalue weighted by atomic mass is 16.5. The van der Waals surface area contributed by atoms with Crippen molar-refractivity contribution in [2.45, 2.75) is 57.8 Å². The van der Waals surface area contributed by atoms with Crippen LogP contribution in [-0.2, 0) is 11.2 Å². The van der Waals surface area contributed by atoms with Crippen LogP contribution >= 0.6 is 0 Å². The Hall–Kier alpha value is -1.06. The van der Waals surface area contributed by atoms with Crippen LogP contribution in [-0.4, -0.2) is 37.4 Å². The molecule has 1 N–H and O–H groups in total. The van der Waals surface area contributed by atoms with Crippen LogP contribution < -0.4 is 10.2 Å². The monoisotopic (exact) mass is 288 g/mol. The van der Waals surface area contributed by atoms with Crippen molar-refractivity contribution in [3.63, 3.8) is 0 Å². The number of benzene rings is 1. The predicted octanol–water partition coefficient (Wildman–Crippen LogP) is 2.98. The lowest BCUT2D eigenvalue weighted by Gasteiger charge is -2.25. The maximum absolute atomic E-state index is 6.23. The lowest BCUT2D eigenvalue weighted by Crippen LogP contribution is -2.41. The van der Waals surface area contributed by atoms with E-state index < -0.39 is 0 Å². The summed E-state index contributed by atoms with van der Waals surface area (Å²) in [5.74, 6) is 0. The molecular weight excluding hydrogens is 260 g/mol. The molecule has 2 aliphatic rings. The van der Waals surface area contributed by atoms with Gasteiger partial charge in [-0.3, -0.25) is 0 Å². The number of rotatable bonds is 4. The Kier molecular flexibility index (Phi) is 4.23. The minimum Gasteiger partial charge on any atom is -0.372 e. The highest BCUT2D eigenvalue weighted by Crippen LogP contribution is 2.29. The fraction of sp³-hybridized carbons (Fsp3) is 0.667. The smallest absolute Gasteiger partial charge is 0.0755 e. The maximum Gasteiger partial charge on any atom is 0.0755 e. The van der Waals surface area contributed by atoms with E-state index in [4.69, 9.17) is 4.74 Å². The first-order valence-electron chi connectivity index (χ1n) is 8.24. The SMILES string of the molecule is CC(C)(C)NCC1CCC(CN2CCc3ccccc32)O1. The number of para-hydroxylation sites is 1. The van der Waals surface area contributed by atoms with Crippen LogP contribution in [0, 0.1) is 0 Å². The lowest BCUT2D eigenvalue weighted by atomic mass is 10.1. The third-order valence-electron chi connectivity index (χ3n) is 4.46. The van der Waals surface area contributed by atoms with Gasteiger partial charge in [-0.25, -0.2) is 0 Å². The van der Waals surface area contributed by atoms with Crippen molar-refractivity contribution < 1.29 is 4.74 Å². The largest absolute Gasteiger partial charge is 0.372 e. The zero-order valence-corrected chi connectivity index (χ0v) is 13.6. The van der Waals surface area contributed by atoms with Crippen molar-refractivity contribution in [3.05, 3.63) is 29.8 Å². The molecule has 0 amide bonds. The molecule has 116 valence electrons. The number of ether oxygens (including phenoxy) is 1. The van der Waals surface area contributed by atoms with Crippen LogP contribution in [0.4, 0.5) is 5.69 Å². The summed E-state index contributed by atoms with van der Waals surface area (Å²) in [5, 5.41) is 3.56. The van der Waals surface area contributed by atoms with Gasteiger partial charge in [0.15, 0.2) is 0 Å². The average Bonchev–Trinajstić information content (AvgIpc) is 3.04. The highest BCUT2D eigenvalue weighted by Gasteiger charge is 2.29. The first-order valence-corrected chi connectivity index (χ1v) is 8.24. The highest BCUT2D eigenvalue weighted by molar-refractivity contribution is 5.57. The van der Waals surface area contributed by atoms with Crippen LogP contribution in [0.25, 0.3) is 0 Å². The van der Waals surface area contributed by atoms with E-state index in [0.717, 1.165) is 19.6 Å². The number of fused-ring (bicyclic) bond motifs is 1. The van der Waals surface area contributed by atoms with Gasteiger partial charge in [-0.2, -0.15) is 0 Å². The Bertz CT molecular complexity index is 480. The Morgan fingerprint density at radius 3 is 2.76 bits per heavy atom. The number of anilines is 1. The number of nitrogens with zero attached hydrogens (tertiary/aromatic N) is 1. The second-order valence-electron chi connectivity index (χ2n) is 7.41. The summed E-state index contributed by atoms with van der Waals surface area (Å²) in [6.45, 7) is 9.78. The summed E-state index contributed by atoms with van der Waals surface area (Å²) < 4.78 is 6.23. The van der Waals surface area contributed by atoms with Crippen molar-refractivity contribution >= 4 is 5.69 Å². The Morgan fingerprint density at radius 1 is 1.19 bits per heavy atom. The zero-order chi connectivity index (χ0) is 14.9. The van der Waals surface area contributed by atoms with Gasteiger partial charge in [0, 0.05) is 30.9 Å². The van der Waals surface area contributed by atoms with Crippen molar-refractivity contribution in [2.24, 2.45) is 0 Å². The molecule has 1 aromatic rings. The molecule has 3 rings (SSSR count). The predicted molar refractivity (Wildman–Crippen MR) is 88.0 cm³/mol. The van der Waals surface area contributed by atoms with E-state index in [1.807, 2.05) is 0 Å². The van der Waals surface area contributed by atoms with E-state index in [9.17, 15) is 0 Å². The summed E-state index contributed by atoms with van der Waals surface area (Å²) >= 11 is 0. The van der Waals surface area contributed by atoms with Crippen LogP contribution in [0.2, 0.25) is 0 Å². The van der Waals surface area contributed by atoms with Gasteiger partial charge in [-0.05, 0) is 51.7 Å². The van der Waals surface area contributed by atoms with Gasteiger partial charge in [-0.1, -0.05) is 18.2 Å². The first-order chi connectivity index (χ1) is 10.0. The van der Waals surface area contributed by atoms with Gasteiger partial charge in [-0.15, -0.1) is 0 Å². The van der Waals surface area contributed by atoms with Crippen molar-refractivity contribution in [2.75, 3.05) is 24.5 Å². The molecule has 0 radical (unpaired) electrons. The normalized spacial score (nSPS) is 25.4. The van der Waals surface area contributed by atoms with E-state index in [-0.39, 0.29) is 5.54 Å². The first kappa shape index (κ1) is 14.9. The molecule has 21 heavy (non-hydrogen) atoms. The molecule has 2 heterocycles. The average molecular weight is 288 g/mol. The lowest BCUT2D eigenvalue weighted by molar-refractivity contribution is 0.0461. The molecule has 0 spiro atoms. The topological polar surface area (TPSA) is 24.5 Å². The summed E-state index contributed by atoms with van der Waals surface area (Å²) in [7, 11) is 0. The molecule has 2 aliphatic heterocycles. The van der Waals surface area contributed by atoms with Gasteiger partial charge in [0.1, 0.15) is 0 Å². The van der Waals surface area contributed by atoms with Crippen LogP contribution in [0.3, 0.4) is 0 Å². The van der Waals surface area contributed by atoms with Crippen LogP contribution in [0.15, 0.2) is 24.3 Å². The summed E-state index contributed by atoms with van der Waals surface area (Å²) in [4.78, 5) is 2.50. The summed E-state index contributed by atoms with van der Waals surface area (Å²) in [5.41, 5.74) is 3.08. The van der Waals surface area contributed by atoms with E-state index in [1.165, 1.54) is 30.5 Å². The van der Waals surface area contributed by atoms with Gasteiger partial charge >= 0.3 is 0 Å². The van der Waals surface area contributed by atoms with E-state index in [1.54, 1.807) is 0 Å². The van der Waals surface area contributed by atoms with E-state index in [2.05, 4.69) is 55.3 Å². The Balaban J connectivity index is 1.50. The molecule has 0 saturated carbocycles. The second-order valence-corrected chi connectivity index (χ2v) is 7.41. The third kappa shape index (κ3) is 3.78. The van der Waals surface area contributed by atoms with Crippen molar-refractivity contribution in [1.82, 2.24) is 5.32 Å². The molecule has 1 saturated heterocycles. The number of nitrogens with one attached hydrogen (secondary N) is 1. The minimum absolute atomic E-state index is 0.176. The second kappa shape index (κ2) is 5.98. The van der Waals surface area contributed by atoms with Crippen LogP contribution in [0.5, 0.6) is 0 Å². The maximum atomic E-state index is 6.23. The molecule has 2 atom stereocenters. The van der Waals surface area contributed by atoms with Crippen molar-refractivity contribution in [1.29, 1.82) is 0 Å².